The van der Waals surface area contributed by atoms with Gasteiger partial charge in [0.2, 0.25) is 0 Å². The highest BCUT2D eigenvalue weighted by Crippen LogP contribution is 2.19. The van der Waals surface area contributed by atoms with Gasteiger partial charge in [-0.15, -0.1) is 0 Å². The van der Waals surface area contributed by atoms with E-state index in [9.17, 15) is 13.2 Å². The molecule has 8 heteroatoms. The molecule has 4 aromatic rings. The molecule has 0 aliphatic heterocycles. The second-order valence-electron chi connectivity index (χ2n) is 6.83. The molecule has 1 heterocycles. The van der Waals surface area contributed by atoms with Crippen molar-refractivity contribution in [1.29, 1.82) is 0 Å². The summed E-state index contributed by atoms with van der Waals surface area (Å²) in [6.07, 6.45) is 0. The maximum Gasteiger partial charge on any atom is 0.279 e. The molecule has 0 radical (unpaired) electrons. The third-order valence-corrected chi connectivity index (χ3v) is 7.09. The van der Waals surface area contributed by atoms with Crippen molar-refractivity contribution in [3.05, 3.63) is 88.7 Å². The quantitative estimate of drug-likeness (QED) is 0.522. The van der Waals surface area contributed by atoms with Crippen LogP contribution in [0.5, 0.6) is 0 Å². The van der Waals surface area contributed by atoms with E-state index in [2.05, 4.69) is 15.8 Å². The summed E-state index contributed by atoms with van der Waals surface area (Å²) < 4.78 is 30.3. The number of nitrogens with zero attached hydrogens (tertiary/aromatic N) is 2. The number of nitrogens with one attached hydrogen (secondary N) is 1. The summed E-state index contributed by atoms with van der Waals surface area (Å²) in [5.41, 5.74) is 2.92. The lowest BCUT2D eigenvalue weighted by Crippen LogP contribution is -2.14. The van der Waals surface area contributed by atoms with Crippen molar-refractivity contribution >= 4 is 43.2 Å². The fourth-order valence-corrected chi connectivity index (χ4v) is 5.19. The molecule has 0 aliphatic carbocycles. The zero-order valence-electron chi connectivity index (χ0n) is 16.4. The van der Waals surface area contributed by atoms with Gasteiger partial charge in [0, 0.05) is 18.3 Å². The van der Waals surface area contributed by atoms with Gasteiger partial charge in [-0.25, -0.2) is 8.42 Å². The van der Waals surface area contributed by atoms with Gasteiger partial charge in [-0.2, -0.15) is 4.99 Å². The summed E-state index contributed by atoms with van der Waals surface area (Å²) in [6.45, 7) is 2.02. The van der Waals surface area contributed by atoms with E-state index in [0.717, 1.165) is 15.8 Å². The number of amides is 1. The van der Waals surface area contributed by atoms with Gasteiger partial charge >= 0.3 is 0 Å². The minimum atomic E-state index is -3.68. The van der Waals surface area contributed by atoms with Crippen LogP contribution >= 0.6 is 11.3 Å². The van der Waals surface area contributed by atoms with Gasteiger partial charge in [0.15, 0.2) is 4.80 Å². The predicted octanol–water partition coefficient (Wildman–Crippen LogP) is 4.09. The molecule has 0 spiro atoms. The van der Waals surface area contributed by atoms with E-state index in [1.807, 2.05) is 30.7 Å². The molecule has 0 bridgehead atoms. The molecule has 30 heavy (non-hydrogen) atoms. The summed E-state index contributed by atoms with van der Waals surface area (Å²) >= 11 is 1.45. The highest BCUT2D eigenvalue weighted by atomic mass is 32.2. The van der Waals surface area contributed by atoms with E-state index in [-0.39, 0.29) is 10.8 Å². The van der Waals surface area contributed by atoms with Crippen LogP contribution in [0, 0.1) is 6.92 Å². The Morgan fingerprint density at radius 1 is 1.00 bits per heavy atom. The first kappa shape index (κ1) is 20.1. The second kappa shape index (κ2) is 7.89. The average molecular weight is 438 g/mol. The summed E-state index contributed by atoms with van der Waals surface area (Å²) in [4.78, 5) is 17.6. The predicted molar refractivity (Wildman–Crippen MR) is 119 cm³/mol. The minimum absolute atomic E-state index is 0.174. The lowest BCUT2D eigenvalue weighted by molar-refractivity contribution is 0.0998. The van der Waals surface area contributed by atoms with Gasteiger partial charge in [0.05, 0.1) is 15.1 Å². The second-order valence-corrected chi connectivity index (χ2v) is 9.52. The summed E-state index contributed by atoms with van der Waals surface area (Å²) in [6, 6.07) is 20.4. The number of aryl methyl sites for hydroxylation is 2. The number of rotatable bonds is 4. The molecule has 1 aromatic heterocycles. The lowest BCUT2D eigenvalue weighted by atomic mass is 10.2. The van der Waals surface area contributed by atoms with E-state index in [4.69, 9.17) is 0 Å². The number of sulfonamides is 1. The zero-order chi connectivity index (χ0) is 21.3. The summed E-state index contributed by atoms with van der Waals surface area (Å²) in [5, 5.41) is 0. The third-order valence-electron chi connectivity index (χ3n) is 4.60. The fourth-order valence-electron chi connectivity index (χ4n) is 2.99. The molecular weight excluding hydrogens is 418 g/mol. The molecule has 0 aliphatic rings. The fraction of sp³-hybridized carbons (Fsp3) is 0.0909. The maximum absolute atomic E-state index is 12.6. The highest BCUT2D eigenvalue weighted by Gasteiger charge is 2.14. The van der Waals surface area contributed by atoms with E-state index >= 15 is 0 Å². The Morgan fingerprint density at radius 2 is 1.70 bits per heavy atom. The van der Waals surface area contributed by atoms with Gasteiger partial charge in [-0.3, -0.25) is 9.52 Å². The molecule has 3 aromatic carbocycles. The molecular formula is C22H19N3O3S2. The molecule has 0 unspecified atom stereocenters. The normalized spacial score (nSPS) is 12.3. The number of carbonyl (C=O) groups excluding carboxylic acids is 1. The van der Waals surface area contributed by atoms with Crippen LogP contribution in [0.4, 0.5) is 5.69 Å². The first-order chi connectivity index (χ1) is 14.3. The molecule has 0 atom stereocenters. The monoisotopic (exact) mass is 437 g/mol. The molecule has 0 saturated carbocycles. The van der Waals surface area contributed by atoms with Crippen molar-refractivity contribution < 1.29 is 13.2 Å². The third kappa shape index (κ3) is 4.05. The Balaban J connectivity index is 1.58. The van der Waals surface area contributed by atoms with E-state index in [0.29, 0.717) is 16.1 Å². The topological polar surface area (TPSA) is 80.5 Å². The number of carbonyl (C=O) groups is 1. The first-order valence-electron chi connectivity index (χ1n) is 9.17. The number of hydrogen-bond donors (Lipinski definition) is 1. The molecule has 4 rings (SSSR count). The highest BCUT2D eigenvalue weighted by molar-refractivity contribution is 7.92. The van der Waals surface area contributed by atoms with Crippen LogP contribution in [-0.4, -0.2) is 18.9 Å². The van der Waals surface area contributed by atoms with Crippen LogP contribution in [0.2, 0.25) is 0 Å². The average Bonchev–Trinajstić information content (AvgIpc) is 3.03. The van der Waals surface area contributed by atoms with E-state index < -0.39 is 10.0 Å². The maximum atomic E-state index is 12.6. The Bertz CT molecular complexity index is 1400. The number of thiazole rings is 1. The number of anilines is 1. The van der Waals surface area contributed by atoms with E-state index in [1.165, 1.54) is 23.5 Å². The Kier molecular flexibility index (Phi) is 5.27. The number of aromatic nitrogens is 1. The molecule has 1 N–H and O–H groups in total. The van der Waals surface area contributed by atoms with E-state index in [1.54, 1.807) is 42.5 Å². The van der Waals surface area contributed by atoms with Crippen LogP contribution in [0.3, 0.4) is 0 Å². The van der Waals surface area contributed by atoms with Crippen LogP contribution in [0.15, 0.2) is 82.7 Å². The molecule has 152 valence electrons. The molecule has 0 fully saturated rings. The largest absolute Gasteiger partial charge is 0.319 e. The Hall–Kier alpha value is -3.23. The lowest BCUT2D eigenvalue weighted by Gasteiger charge is -2.08. The van der Waals surface area contributed by atoms with Crippen molar-refractivity contribution in [2.45, 2.75) is 11.8 Å². The van der Waals surface area contributed by atoms with Gasteiger partial charge in [-0.05, 0) is 61.0 Å². The Labute approximate surface area is 178 Å². The van der Waals surface area contributed by atoms with Gasteiger partial charge in [0.25, 0.3) is 15.9 Å². The molecule has 6 nitrogen and oxygen atoms in total. The van der Waals surface area contributed by atoms with Crippen LogP contribution in [-0.2, 0) is 17.1 Å². The van der Waals surface area contributed by atoms with Gasteiger partial charge in [-0.1, -0.05) is 35.6 Å². The smallest absolute Gasteiger partial charge is 0.279 e. The summed E-state index contributed by atoms with van der Waals surface area (Å²) in [7, 11) is -1.80. The van der Waals surface area contributed by atoms with Gasteiger partial charge in [0.1, 0.15) is 0 Å². The number of hydrogen-bond acceptors (Lipinski definition) is 4. The van der Waals surface area contributed by atoms with Crippen molar-refractivity contribution in [1.82, 2.24) is 4.57 Å². The van der Waals surface area contributed by atoms with Crippen molar-refractivity contribution in [3.8, 4) is 0 Å². The standard InChI is InChI=1S/C22H19N3O3S2/c1-15-8-13-19-20(14-15)29-22(25(19)2)23-21(26)16-9-11-17(12-10-16)24-30(27,28)18-6-4-3-5-7-18/h3-14,24H,1-2H3. The number of fused-ring (bicyclic) bond motifs is 1. The number of benzene rings is 3. The Morgan fingerprint density at radius 3 is 2.40 bits per heavy atom. The SMILES string of the molecule is Cc1ccc2c(c1)sc(=NC(=O)c1ccc(NS(=O)(=O)c3ccccc3)cc1)n2C. The van der Waals surface area contributed by atoms with Crippen LogP contribution in [0.25, 0.3) is 10.2 Å². The first-order valence-corrected chi connectivity index (χ1v) is 11.5. The van der Waals surface area contributed by atoms with Crippen LogP contribution in [0.1, 0.15) is 15.9 Å². The summed E-state index contributed by atoms with van der Waals surface area (Å²) in [5.74, 6) is -0.383. The van der Waals surface area contributed by atoms with Crippen molar-refractivity contribution in [2.75, 3.05) is 4.72 Å². The molecule has 1 amide bonds. The minimum Gasteiger partial charge on any atom is -0.319 e. The van der Waals surface area contributed by atoms with Gasteiger partial charge < -0.3 is 4.57 Å². The van der Waals surface area contributed by atoms with Crippen LogP contribution < -0.4 is 9.52 Å². The zero-order valence-corrected chi connectivity index (χ0v) is 18.0. The van der Waals surface area contributed by atoms with Crippen molar-refractivity contribution in [2.24, 2.45) is 12.0 Å². The molecule has 0 saturated heterocycles. The van der Waals surface area contributed by atoms with Crippen molar-refractivity contribution in [3.63, 3.8) is 0 Å².